The maximum Gasteiger partial charge on any atom is 0.275 e. The summed E-state index contributed by atoms with van der Waals surface area (Å²) >= 11 is 1.55. The Bertz CT molecular complexity index is 997. The molecule has 1 aromatic carbocycles. The van der Waals surface area contributed by atoms with Crippen molar-refractivity contribution in [2.75, 3.05) is 5.32 Å². The van der Waals surface area contributed by atoms with Crippen molar-refractivity contribution in [3.05, 3.63) is 65.6 Å². The average molecular weight is 336 g/mol. The van der Waals surface area contributed by atoms with Gasteiger partial charge < -0.3 is 14.9 Å². The summed E-state index contributed by atoms with van der Waals surface area (Å²) in [6.45, 7) is 2.04. The zero-order chi connectivity index (χ0) is 16.5. The molecule has 120 valence electrons. The first-order valence-electron chi connectivity index (χ1n) is 7.76. The van der Waals surface area contributed by atoms with Crippen LogP contribution in [0.5, 0.6) is 0 Å². The third kappa shape index (κ3) is 2.51. The first kappa shape index (κ1) is 14.7. The van der Waals surface area contributed by atoms with Crippen LogP contribution in [0, 0.1) is 0 Å². The van der Waals surface area contributed by atoms with Crippen LogP contribution in [-0.2, 0) is 6.42 Å². The molecule has 3 heterocycles. The van der Waals surface area contributed by atoms with Crippen LogP contribution < -0.4 is 5.32 Å². The van der Waals surface area contributed by atoms with Crippen molar-refractivity contribution in [2.24, 2.45) is 0 Å². The number of benzene rings is 1. The summed E-state index contributed by atoms with van der Waals surface area (Å²) in [4.78, 5) is 21.4. The average Bonchev–Trinajstić information content (AvgIpc) is 3.33. The molecule has 0 bridgehead atoms. The Morgan fingerprint density at radius 1 is 1.25 bits per heavy atom. The largest absolute Gasteiger partial charge is 0.361 e. The summed E-state index contributed by atoms with van der Waals surface area (Å²) in [6, 6.07) is 11.6. The lowest BCUT2D eigenvalue weighted by molar-refractivity contribution is 0.102. The molecule has 3 aromatic heterocycles. The Hall–Kier alpha value is -2.86. The van der Waals surface area contributed by atoms with E-state index in [0.717, 1.165) is 33.0 Å². The van der Waals surface area contributed by atoms with Gasteiger partial charge in [0.2, 0.25) is 0 Å². The quantitative estimate of drug-likeness (QED) is 0.586. The topological polar surface area (TPSA) is 62.7 Å². The van der Waals surface area contributed by atoms with E-state index in [0.29, 0.717) is 5.69 Å². The molecule has 0 saturated heterocycles. The van der Waals surface area contributed by atoms with Gasteiger partial charge in [0.15, 0.2) is 5.13 Å². The number of aromatic nitrogens is 3. The molecule has 24 heavy (non-hydrogen) atoms. The van der Waals surface area contributed by atoms with Crippen LogP contribution in [0.1, 0.15) is 22.3 Å². The second-order valence-electron chi connectivity index (χ2n) is 5.41. The van der Waals surface area contributed by atoms with E-state index in [9.17, 15) is 4.79 Å². The lowest BCUT2D eigenvalue weighted by Crippen LogP contribution is -2.14. The molecule has 5 nitrogen and oxygen atoms in total. The number of aryl methyl sites for hydroxylation is 1. The van der Waals surface area contributed by atoms with Crippen molar-refractivity contribution < 1.29 is 4.79 Å². The van der Waals surface area contributed by atoms with Crippen molar-refractivity contribution in [1.82, 2.24) is 14.5 Å². The number of H-pyrrole nitrogens is 1. The predicted molar refractivity (Wildman–Crippen MR) is 97.1 cm³/mol. The second kappa shape index (κ2) is 5.98. The SMILES string of the molecule is CCc1sc(-n2cccc2)nc1C(=O)Nc1cccc2[nH]ccc12. The number of hydrogen-bond donors (Lipinski definition) is 2. The number of hydrogen-bond acceptors (Lipinski definition) is 3. The number of amides is 1. The van der Waals surface area contributed by atoms with E-state index in [-0.39, 0.29) is 5.91 Å². The lowest BCUT2D eigenvalue weighted by Gasteiger charge is -2.06. The number of anilines is 1. The summed E-state index contributed by atoms with van der Waals surface area (Å²) < 4.78 is 1.92. The van der Waals surface area contributed by atoms with Gasteiger partial charge in [-0.05, 0) is 36.8 Å². The van der Waals surface area contributed by atoms with Gasteiger partial charge in [-0.2, -0.15) is 0 Å². The third-order valence-electron chi connectivity index (χ3n) is 3.89. The number of carbonyl (C=O) groups is 1. The zero-order valence-corrected chi connectivity index (χ0v) is 13.9. The van der Waals surface area contributed by atoms with Gasteiger partial charge in [0.1, 0.15) is 5.69 Å². The van der Waals surface area contributed by atoms with Gasteiger partial charge in [0, 0.05) is 34.4 Å². The van der Waals surface area contributed by atoms with Gasteiger partial charge in [-0.1, -0.05) is 13.0 Å². The molecule has 4 rings (SSSR count). The van der Waals surface area contributed by atoms with Crippen LogP contribution in [0.3, 0.4) is 0 Å². The number of aromatic amines is 1. The van der Waals surface area contributed by atoms with E-state index >= 15 is 0 Å². The van der Waals surface area contributed by atoms with Crippen LogP contribution in [0.2, 0.25) is 0 Å². The van der Waals surface area contributed by atoms with Crippen LogP contribution in [0.25, 0.3) is 16.0 Å². The van der Waals surface area contributed by atoms with Gasteiger partial charge in [0.05, 0.1) is 5.69 Å². The standard InChI is InChI=1S/C18H16N4OS/c1-2-15-16(21-18(24-15)22-10-3-4-11-22)17(23)20-14-7-5-6-13-12(14)8-9-19-13/h3-11,19H,2H2,1H3,(H,20,23). The Labute approximate surface area is 143 Å². The molecule has 0 aliphatic carbocycles. The fourth-order valence-electron chi connectivity index (χ4n) is 2.70. The van der Waals surface area contributed by atoms with Crippen molar-refractivity contribution >= 4 is 33.8 Å². The summed E-state index contributed by atoms with van der Waals surface area (Å²) in [6.07, 6.45) is 6.50. The Kier molecular flexibility index (Phi) is 3.66. The molecule has 6 heteroatoms. The molecule has 2 N–H and O–H groups in total. The minimum Gasteiger partial charge on any atom is -0.361 e. The minimum atomic E-state index is -0.171. The first-order chi connectivity index (χ1) is 11.8. The van der Waals surface area contributed by atoms with Crippen molar-refractivity contribution in [1.29, 1.82) is 0 Å². The van der Waals surface area contributed by atoms with Gasteiger partial charge in [-0.3, -0.25) is 4.79 Å². The highest BCUT2D eigenvalue weighted by Gasteiger charge is 2.18. The monoisotopic (exact) mass is 336 g/mol. The van der Waals surface area contributed by atoms with Crippen LogP contribution in [0.15, 0.2) is 55.0 Å². The van der Waals surface area contributed by atoms with E-state index in [2.05, 4.69) is 15.3 Å². The third-order valence-corrected chi connectivity index (χ3v) is 5.10. The summed E-state index contributed by atoms with van der Waals surface area (Å²) in [5.41, 5.74) is 2.28. The molecule has 4 aromatic rings. The van der Waals surface area contributed by atoms with Gasteiger partial charge in [0.25, 0.3) is 5.91 Å². The molecular weight excluding hydrogens is 320 g/mol. The Morgan fingerprint density at radius 3 is 2.88 bits per heavy atom. The van der Waals surface area contributed by atoms with Crippen molar-refractivity contribution in [3.63, 3.8) is 0 Å². The smallest absolute Gasteiger partial charge is 0.275 e. The molecule has 0 atom stereocenters. The number of carbonyl (C=O) groups excluding carboxylic acids is 1. The summed E-state index contributed by atoms with van der Waals surface area (Å²) in [7, 11) is 0. The van der Waals surface area contributed by atoms with Crippen molar-refractivity contribution in [3.8, 4) is 5.13 Å². The Morgan fingerprint density at radius 2 is 2.08 bits per heavy atom. The maximum atomic E-state index is 12.8. The summed E-state index contributed by atoms with van der Waals surface area (Å²) in [5, 5.41) is 4.79. The van der Waals surface area contributed by atoms with E-state index in [1.54, 1.807) is 11.3 Å². The molecule has 0 saturated carbocycles. The highest BCUT2D eigenvalue weighted by molar-refractivity contribution is 7.14. The van der Waals surface area contributed by atoms with Gasteiger partial charge >= 0.3 is 0 Å². The van der Waals surface area contributed by atoms with E-state index in [1.807, 2.05) is 66.5 Å². The zero-order valence-electron chi connectivity index (χ0n) is 13.1. The fraction of sp³-hybridized carbons (Fsp3) is 0.111. The van der Waals surface area contributed by atoms with Gasteiger partial charge in [-0.15, -0.1) is 11.3 Å². The normalized spacial score (nSPS) is 11.0. The molecule has 0 spiro atoms. The van der Waals surface area contributed by atoms with Crippen LogP contribution >= 0.6 is 11.3 Å². The maximum absolute atomic E-state index is 12.8. The lowest BCUT2D eigenvalue weighted by atomic mass is 10.2. The summed E-state index contributed by atoms with van der Waals surface area (Å²) in [5.74, 6) is -0.171. The van der Waals surface area contributed by atoms with Gasteiger partial charge in [-0.25, -0.2) is 4.98 Å². The first-order valence-corrected chi connectivity index (χ1v) is 8.58. The fourth-order valence-corrected chi connectivity index (χ4v) is 3.67. The van der Waals surface area contributed by atoms with E-state index in [4.69, 9.17) is 0 Å². The molecule has 0 fully saturated rings. The molecular formula is C18H16N4OS. The number of nitrogens with zero attached hydrogens (tertiary/aromatic N) is 2. The van der Waals surface area contributed by atoms with E-state index in [1.165, 1.54) is 0 Å². The Balaban J connectivity index is 1.68. The van der Waals surface area contributed by atoms with Crippen LogP contribution in [0.4, 0.5) is 5.69 Å². The molecule has 0 aliphatic heterocycles. The molecule has 0 unspecified atom stereocenters. The van der Waals surface area contributed by atoms with Crippen molar-refractivity contribution in [2.45, 2.75) is 13.3 Å². The number of rotatable bonds is 4. The molecule has 1 amide bonds. The molecule has 0 aliphatic rings. The van der Waals surface area contributed by atoms with Crippen LogP contribution in [-0.4, -0.2) is 20.4 Å². The highest BCUT2D eigenvalue weighted by Crippen LogP contribution is 2.26. The highest BCUT2D eigenvalue weighted by atomic mass is 32.1. The number of thiazole rings is 1. The number of fused-ring (bicyclic) bond motifs is 1. The van der Waals surface area contributed by atoms with E-state index < -0.39 is 0 Å². The number of nitrogens with one attached hydrogen (secondary N) is 2. The minimum absolute atomic E-state index is 0.171. The second-order valence-corrected chi connectivity index (χ2v) is 6.47. The molecule has 0 radical (unpaired) electrons. The predicted octanol–water partition coefficient (Wildman–Crippen LogP) is 4.23.